The lowest BCUT2D eigenvalue weighted by molar-refractivity contribution is 0.590. The minimum absolute atomic E-state index is 0.247. The molecule has 0 aliphatic rings. The van der Waals surface area contributed by atoms with E-state index in [1.54, 1.807) is 6.92 Å². The van der Waals surface area contributed by atoms with Crippen molar-refractivity contribution < 1.29 is 8.42 Å². The van der Waals surface area contributed by atoms with E-state index in [9.17, 15) is 8.42 Å². The first-order valence-corrected chi connectivity index (χ1v) is 5.24. The molecule has 0 rings (SSSR count). The van der Waals surface area contributed by atoms with Crippen LogP contribution < -0.4 is 0 Å². The number of hydrogen-bond donors (Lipinski definition) is 0. The molecule has 1 atom stereocenters. The van der Waals surface area contributed by atoms with Crippen molar-refractivity contribution in [3.05, 3.63) is 12.2 Å². The lowest BCUT2D eigenvalue weighted by Gasteiger charge is -2.03. The Hall–Kier alpha value is -0.310. The molecular weight excluding hydrogens is 148 g/mol. The zero-order valence-corrected chi connectivity index (χ0v) is 7.48. The van der Waals surface area contributed by atoms with Crippen molar-refractivity contribution in [3.63, 3.8) is 0 Å². The van der Waals surface area contributed by atoms with Crippen LogP contribution in [-0.4, -0.2) is 19.9 Å². The Morgan fingerprint density at radius 2 is 2.00 bits per heavy atom. The molecule has 0 aromatic rings. The Kier molecular flexibility index (Phi) is 3.64. The third-order valence-electron chi connectivity index (χ3n) is 1.43. The Morgan fingerprint density at radius 1 is 1.50 bits per heavy atom. The van der Waals surface area contributed by atoms with Crippen LogP contribution in [0.15, 0.2) is 12.2 Å². The summed E-state index contributed by atoms with van der Waals surface area (Å²) in [5.74, 6) is 0. The Labute approximate surface area is 62.9 Å². The van der Waals surface area contributed by atoms with Crippen LogP contribution >= 0.6 is 0 Å². The SMILES string of the molecule is C/C=C/CC(C)S(C)(=O)=O. The van der Waals surface area contributed by atoms with E-state index in [4.69, 9.17) is 0 Å². The molecule has 0 heterocycles. The van der Waals surface area contributed by atoms with Gasteiger partial charge in [0.25, 0.3) is 0 Å². The average molecular weight is 162 g/mol. The summed E-state index contributed by atoms with van der Waals surface area (Å²) in [6.45, 7) is 3.60. The van der Waals surface area contributed by atoms with E-state index in [0.717, 1.165) is 0 Å². The molecule has 0 spiro atoms. The molecule has 0 aliphatic heterocycles. The van der Waals surface area contributed by atoms with Crippen LogP contribution in [0.4, 0.5) is 0 Å². The average Bonchev–Trinajstić information content (AvgIpc) is 1.80. The van der Waals surface area contributed by atoms with Gasteiger partial charge in [0.2, 0.25) is 0 Å². The van der Waals surface area contributed by atoms with Crippen LogP contribution in [0.25, 0.3) is 0 Å². The van der Waals surface area contributed by atoms with E-state index < -0.39 is 9.84 Å². The first kappa shape index (κ1) is 9.69. The molecule has 0 saturated carbocycles. The number of allylic oxidation sites excluding steroid dienone is 2. The fourth-order valence-electron chi connectivity index (χ4n) is 0.503. The summed E-state index contributed by atoms with van der Waals surface area (Å²) in [5.41, 5.74) is 0. The Morgan fingerprint density at radius 3 is 2.30 bits per heavy atom. The number of hydrogen-bond acceptors (Lipinski definition) is 2. The van der Waals surface area contributed by atoms with E-state index in [1.165, 1.54) is 6.26 Å². The van der Waals surface area contributed by atoms with Crippen molar-refractivity contribution in [2.24, 2.45) is 0 Å². The van der Waals surface area contributed by atoms with Gasteiger partial charge in [0.15, 0.2) is 0 Å². The maximum atomic E-state index is 10.8. The topological polar surface area (TPSA) is 34.1 Å². The van der Waals surface area contributed by atoms with Crippen molar-refractivity contribution in [2.75, 3.05) is 6.26 Å². The second kappa shape index (κ2) is 3.76. The summed E-state index contributed by atoms with van der Waals surface area (Å²) in [7, 11) is -2.83. The summed E-state index contributed by atoms with van der Waals surface area (Å²) >= 11 is 0. The summed E-state index contributed by atoms with van der Waals surface area (Å²) in [4.78, 5) is 0. The predicted octanol–water partition coefficient (Wildman–Crippen LogP) is 1.39. The van der Waals surface area contributed by atoms with Crippen LogP contribution in [0.2, 0.25) is 0 Å². The van der Waals surface area contributed by atoms with Crippen LogP contribution in [-0.2, 0) is 9.84 Å². The van der Waals surface area contributed by atoms with Crippen LogP contribution in [0.5, 0.6) is 0 Å². The second-order valence-corrected chi connectivity index (χ2v) is 4.91. The Bertz CT molecular complexity index is 202. The van der Waals surface area contributed by atoms with Gasteiger partial charge in [0.05, 0.1) is 5.25 Å². The predicted molar refractivity (Wildman–Crippen MR) is 43.7 cm³/mol. The normalized spacial score (nSPS) is 15.9. The number of sulfone groups is 1. The molecule has 60 valence electrons. The molecule has 0 aliphatic carbocycles. The van der Waals surface area contributed by atoms with Gasteiger partial charge >= 0.3 is 0 Å². The molecule has 1 unspecified atom stereocenters. The van der Waals surface area contributed by atoms with Crippen molar-refractivity contribution in [2.45, 2.75) is 25.5 Å². The molecule has 3 heteroatoms. The summed E-state index contributed by atoms with van der Waals surface area (Å²) in [6, 6.07) is 0. The molecule has 10 heavy (non-hydrogen) atoms. The zero-order chi connectivity index (χ0) is 8.20. The van der Waals surface area contributed by atoms with Gasteiger partial charge in [-0.05, 0) is 20.3 Å². The van der Waals surface area contributed by atoms with Crippen molar-refractivity contribution in [1.82, 2.24) is 0 Å². The molecule has 2 nitrogen and oxygen atoms in total. The highest BCUT2D eigenvalue weighted by atomic mass is 32.2. The third-order valence-corrected chi connectivity index (χ3v) is 3.09. The van der Waals surface area contributed by atoms with Crippen LogP contribution in [0, 0.1) is 0 Å². The highest BCUT2D eigenvalue weighted by molar-refractivity contribution is 7.91. The highest BCUT2D eigenvalue weighted by Gasteiger charge is 2.11. The van der Waals surface area contributed by atoms with Gasteiger partial charge in [-0.25, -0.2) is 8.42 Å². The minimum atomic E-state index is -2.83. The summed E-state index contributed by atoms with van der Waals surface area (Å²) < 4.78 is 21.6. The standard InChI is InChI=1S/C7H14O2S/c1-4-5-6-7(2)10(3,8)9/h4-5,7H,6H2,1-3H3/b5-4+. The summed E-state index contributed by atoms with van der Waals surface area (Å²) in [5, 5.41) is -0.247. The van der Waals surface area contributed by atoms with Gasteiger partial charge in [-0.15, -0.1) is 0 Å². The quantitative estimate of drug-likeness (QED) is 0.588. The molecular formula is C7H14O2S. The molecule has 0 fully saturated rings. The second-order valence-electron chi connectivity index (χ2n) is 2.44. The summed E-state index contributed by atoms with van der Waals surface area (Å²) in [6.07, 6.45) is 5.61. The van der Waals surface area contributed by atoms with E-state index in [2.05, 4.69) is 0 Å². The van der Waals surface area contributed by atoms with E-state index >= 15 is 0 Å². The monoisotopic (exact) mass is 162 g/mol. The smallest absolute Gasteiger partial charge is 0.150 e. The van der Waals surface area contributed by atoms with Gasteiger partial charge in [-0.1, -0.05) is 12.2 Å². The largest absolute Gasteiger partial charge is 0.229 e. The molecule has 0 saturated heterocycles. The lowest BCUT2D eigenvalue weighted by atomic mass is 10.3. The molecule has 0 N–H and O–H groups in total. The van der Waals surface area contributed by atoms with Gasteiger partial charge in [0, 0.05) is 6.26 Å². The van der Waals surface area contributed by atoms with Crippen molar-refractivity contribution in [3.8, 4) is 0 Å². The van der Waals surface area contributed by atoms with Crippen molar-refractivity contribution >= 4 is 9.84 Å². The van der Waals surface area contributed by atoms with Crippen LogP contribution in [0.1, 0.15) is 20.3 Å². The van der Waals surface area contributed by atoms with Gasteiger partial charge < -0.3 is 0 Å². The Balaban J connectivity index is 3.99. The van der Waals surface area contributed by atoms with E-state index in [1.807, 2.05) is 19.1 Å². The molecule has 0 bridgehead atoms. The van der Waals surface area contributed by atoms with E-state index in [0.29, 0.717) is 6.42 Å². The van der Waals surface area contributed by atoms with E-state index in [-0.39, 0.29) is 5.25 Å². The number of rotatable bonds is 3. The minimum Gasteiger partial charge on any atom is -0.229 e. The van der Waals surface area contributed by atoms with Gasteiger partial charge in [0.1, 0.15) is 9.84 Å². The maximum Gasteiger partial charge on any atom is 0.150 e. The fraction of sp³-hybridized carbons (Fsp3) is 0.714. The van der Waals surface area contributed by atoms with Gasteiger partial charge in [-0.2, -0.15) is 0 Å². The highest BCUT2D eigenvalue weighted by Crippen LogP contribution is 2.03. The first-order valence-electron chi connectivity index (χ1n) is 3.28. The zero-order valence-electron chi connectivity index (χ0n) is 6.66. The third kappa shape index (κ3) is 3.67. The molecule has 0 aromatic heterocycles. The molecule has 0 amide bonds. The molecule has 0 radical (unpaired) electrons. The van der Waals surface area contributed by atoms with Gasteiger partial charge in [-0.3, -0.25) is 0 Å². The van der Waals surface area contributed by atoms with Crippen LogP contribution in [0.3, 0.4) is 0 Å². The van der Waals surface area contributed by atoms with Crippen molar-refractivity contribution in [1.29, 1.82) is 0 Å². The first-order chi connectivity index (χ1) is 4.48. The maximum absolute atomic E-state index is 10.8. The lowest BCUT2D eigenvalue weighted by Crippen LogP contribution is -2.14. The fourth-order valence-corrected chi connectivity index (χ4v) is 0.963. The molecule has 0 aromatic carbocycles.